The first-order valence-electron chi connectivity index (χ1n) is 6.47. The van der Waals surface area contributed by atoms with Crippen LogP contribution in [0.2, 0.25) is 0 Å². The minimum absolute atomic E-state index is 0.408. The number of rotatable bonds is 1. The van der Waals surface area contributed by atoms with Gasteiger partial charge >= 0.3 is 0 Å². The van der Waals surface area contributed by atoms with E-state index in [1.165, 1.54) is 25.0 Å². The van der Waals surface area contributed by atoms with Crippen molar-refractivity contribution in [1.82, 2.24) is 9.55 Å². The maximum absolute atomic E-state index is 5.41. The Morgan fingerprint density at radius 1 is 1.24 bits per heavy atom. The van der Waals surface area contributed by atoms with Crippen LogP contribution in [0, 0.1) is 22.5 Å². The molecule has 1 aliphatic carbocycles. The molecule has 1 aromatic rings. The molecule has 1 fully saturated rings. The summed E-state index contributed by atoms with van der Waals surface area (Å²) in [5, 5.41) is 0. The molecular weight excluding hydrogens is 228 g/mol. The summed E-state index contributed by atoms with van der Waals surface area (Å²) in [6.45, 7) is 11.7. The normalized spacial score (nSPS) is 23.8. The lowest BCUT2D eigenvalue weighted by molar-refractivity contribution is 0.0710. The van der Waals surface area contributed by atoms with Crippen LogP contribution in [-0.2, 0) is 0 Å². The Balaban J connectivity index is 2.37. The lowest BCUT2D eigenvalue weighted by atomic mass is 9.63. The quantitative estimate of drug-likeness (QED) is 0.723. The summed E-state index contributed by atoms with van der Waals surface area (Å²) in [4.78, 5) is 3.17. The van der Waals surface area contributed by atoms with Gasteiger partial charge in [0.2, 0.25) is 0 Å². The average molecular weight is 252 g/mol. The fourth-order valence-corrected chi connectivity index (χ4v) is 4.24. The topological polar surface area (TPSA) is 20.7 Å². The molecule has 1 N–H and O–H groups in total. The number of aromatic amines is 1. The lowest BCUT2D eigenvalue weighted by Gasteiger charge is -2.45. The Labute approximate surface area is 109 Å². The molecular formula is C14H24N2S. The second-order valence-electron chi connectivity index (χ2n) is 7.17. The third-order valence-corrected chi connectivity index (χ3v) is 4.22. The smallest absolute Gasteiger partial charge is 0.177 e. The predicted molar refractivity (Wildman–Crippen MR) is 74.8 cm³/mol. The Morgan fingerprint density at radius 3 is 2.18 bits per heavy atom. The van der Waals surface area contributed by atoms with Crippen LogP contribution in [0.5, 0.6) is 0 Å². The first kappa shape index (κ1) is 12.9. The number of hydrogen-bond donors (Lipinski definition) is 1. The maximum atomic E-state index is 5.41. The third-order valence-electron chi connectivity index (χ3n) is 3.90. The van der Waals surface area contributed by atoms with Gasteiger partial charge in [-0.2, -0.15) is 0 Å². The van der Waals surface area contributed by atoms with Crippen molar-refractivity contribution in [3.8, 4) is 0 Å². The Morgan fingerprint density at radius 2 is 1.76 bits per heavy atom. The molecule has 1 saturated carbocycles. The van der Waals surface area contributed by atoms with Crippen molar-refractivity contribution in [2.24, 2.45) is 10.8 Å². The van der Waals surface area contributed by atoms with E-state index in [4.69, 9.17) is 12.2 Å². The standard InChI is InChI=1S/C14H24N2S/c1-10-8-15-12(17)16(10)11-6-13(2,3)9-14(4,5)7-11/h8,11H,6-7,9H2,1-5H3,(H,15,17). The number of nitrogens with one attached hydrogen (secondary N) is 1. The van der Waals surface area contributed by atoms with Gasteiger partial charge in [0.05, 0.1) is 0 Å². The highest BCUT2D eigenvalue weighted by molar-refractivity contribution is 7.71. The molecule has 2 nitrogen and oxygen atoms in total. The molecule has 1 aliphatic rings. The third kappa shape index (κ3) is 2.65. The molecule has 0 aromatic carbocycles. The van der Waals surface area contributed by atoms with E-state index in [9.17, 15) is 0 Å². The molecule has 0 unspecified atom stereocenters. The molecule has 0 radical (unpaired) electrons. The SMILES string of the molecule is Cc1c[nH]c(=S)n1C1CC(C)(C)CC(C)(C)C1. The molecule has 0 bridgehead atoms. The Kier molecular flexibility index (Phi) is 3.01. The van der Waals surface area contributed by atoms with E-state index in [0.717, 1.165) is 4.77 Å². The van der Waals surface area contributed by atoms with E-state index in [-0.39, 0.29) is 0 Å². The van der Waals surface area contributed by atoms with Crippen molar-refractivity contribution in [3.63, 3.8) is 0 Å². The second-order valence-corrected chi connectivity index (χ2v) is 7.56. The van der Waals surface area contributed by atoms with Crippen LogP contribution < -0.4 is 0 Å². The molecule has 0 amide bonds. The van der Waals surface area contributed by atoms with Gasteiger partial charge in [0, 0.05) is 17.9 Å². The number of H-pyrrole nitrogens is 1. The van der Waals surface area contributed by atoms with Crippen molar-refractivity contribution >= 4 is 12.2 Å². The first-order chi connectivity index (χ1) is 7.70. The van der Waals surface area contributed by atoms with Gasteiger partial charge in [0.25, 0.3) is 0 Å². The van der Waals surface area contributed by atoms with Gasteiger partial charge in [0.15, 0.2) is 4.77 Å². The van der Waals surface area contributed by atoms with Gasteiger partial charge in [-0.25, -0.2) is 0 Å². The Bertz CT molecular complexity index is 449. The van der Waals surface area contributed by atoms with Gasteiger partial charge in [0.1, 0.15) is 0 Å². The molecule has 1 heterocycles. The van der Waals surface area contributed by atoms with Gasteiger partial charge in [-0.1, -0.05) is 27.7 Å². The zero-order valence-corrected chi connectivity index (χ0v) is 12.4. The van der Waals surface area contributed by atoms with Gasteiger partial charge < -0.3 is 9.55 Å². The number of aromatic nitrogens is 2. The number of aryl methyl sites for hydroxylation is 1. The van der Waals surface area contributed by atoms with E-state index in [1.54, 1.807) is 0 Å². The fourth-order valence-electron chi connectivity index (χ4n) is 3.89. The number of nitrogens with zero attached hydrogens (tertiary/aromatic N) is 1. The minimum Gasteiger partial charge on any atom is -0.337 e. The monoisotopic (exact) mass is 252 g/mol. The van der Waals surface area contributed by atoms with Crippen LogP contribution in [0.15, 0.2) is 6.20 Å². The summed E-state index contributed by atoms with van der Waals surface area (Å²) in [5.41, 5.74) is 2.07. The first-order valence-corrected chi connectivity index (χ1v) is 6.88. The number of imidazole rings is 1. The van der Waals surface area contributed by atoms with Crippen molar-refractivity contribution in [2.75, 3.05) is 0 Å². The van der Waals surface area contributed by atoms with Gasteiger partial charge in [-0.3, -0.25) is 0 Å². The minimum atomic E-state index is 0.408. The van der Waals surface area contributed by atoms with Gasteiger partial charge in [-0.15, -0.1) is 0 Å². The molecule has 1 aromatic heterocycles. The molecule has 0 spiro atoms. The van der Waals surface area contributed by atoms with E-state index < -0.39 is 0 Å². The molecule has 2 rings (SSSR count). The predicted octanol–water partition coefficient (Wildman–Crippen LogP) is 4.63. The fraction of sp³-hybridized carbons (Fsp3) is 0.786. The molecule has 0 saturated heterocycles. The molecule has 96 valence electrons. The van der Waals surface area contributed by atoms with Crippen LogP contribution in [-0.4, -0.2) is 9.55 Å². The van der Waals surface area contributed by atoms with Crippen molar-refractivity contribution < 1.29 is 0 Å². The van der Waals surface area contributed by atoms with Gasteiger partial charge in [-0.05, 0) is 49.2 Å². The summed E-state index contributed by atoms with van der Waals surface area (Å²) in [7, 11) is 0. The summed E-state index contributed by atoms with van der Waals surface area (Å²) >= 11 is 5.41. The van der Waals surface area contributed by atoms with Crippen LogP contribution in [0.1, 0.15) is 58.7 Å². The summed E-state index contributed by atoms with van der Waals surface area (Å²) in [6.07, 6.45) is 5.77. The van der Waals surface area contributed by atoms with E-state index >= 15 is 0 Å². The van der Waals surface area contributed by atoms with E-state index in [1.807, 2.05) is 6.20 Å². The molecule has 3 heteroatoms. The van der Waals surface area contributed by atoms with Crippen LogP contribution >= 0.6 is 12.2 Å². The summed E-state index contributed by atoms with van der Waals surface area (Å²) < 4.78 is 3.19. The van der Waals surface area contributed by atoms with Crippen molar-refractivity contribution in [3.05, 3.63) is 16.7 Å². The zero-order valence-electron chi connectivity index (χ0n) is 11.6. The van der Waals surface area contributed by atoms with Crippen molar-refractivity contribution in [2.45, 2.75) is 59.9 Å². The van der Waals surface area contributed by atoms with E-state index in [0.29, 0.717) is 16.9 Å². The lowest BCUT2D eigenvalue weighted by Crippen LogP contribution is -2.35. The Hall–Kier alpha value is -0.570. The maximum Gasteiger partial charge on any atom is 0.177 e. The highest BCUT2D eigenvalue weighted by Crippen LogP contribution is 2.50. The second kappa shape index (κ2) is 3.98. The highest BCUT2D eigenvalue weighted by atomic mass is 32.1. The largest absolute Gasteiger partial charge is 0.337 e. The van der Waals surface area contributed by atoms with E-state index in [2.05, 4.69) is 44.2 Å². The van der Waals surface area contributed by atoms with Crippen LogP contribution in [0.4, 0.5) is 0 Å². The number of hydrogen-bond acceptors (Lipinski definition) is 1. The zero-order chi connectivity index (χ0) is 12.8. The molecule has 0 atom stereocenters. The summed E-state index contributed by atoms with van der Waals surface area (Å²) in [6, 6.07) is 0.549. The molecule has 0 aliphatic heterocycles. The van der Waals surface area contributed by atoms with Crippen LogP contribution in [0.3, 0.4) is 0 Å². The average Bonchev–Trinajstić information content (AvgIpc) is 2.40. The molecule has 17 heavy (non-hydrogen) atoms. The summed E-state index contributed by atoms with van der Waals surface area (Å²) in [5.74, 6) is 0. The highest BCUT2D eigenvalue weighted by Gasteiger charge is 2.39. The van der Waals surface area contributed by atoms with Crippen molar-refractivity contribution in [1.29, 1.82) is 0 Å². The van der Waals surface area contributed by atoms with Crippen LogP contribution in [0.25, 0.3) is 0 Å².